The quantitative estimate of drug-likeness (QED) is 0.358. The van der Waals surface area contributed by atoms with E-state index in [1.807, 2.05) is 13.8 Å². The minimum atomic E-state index is -4.20. The minimum Gasteiger partial charge on any atom is -0.497 e. The molecule has 0 bridgehead atoms. The van der Waals surface area contributed by atoms with Crippen LogP contribution in [0.3, 0.4) is 0 Å². The second-order valence-corrected chi connectivity index (χ2v) is 11.0. The Labute approximate surface area is 229 Å². The number of carbonyl (C=O) groups is 2. The van der Waals surface area contributed by atoms with Crippen molar-refractivity contribution in [1.82, 2.24) is 10.2 Å². The molecule has 0 aliphatic rings. The molecule has 2 amide bonds. The molecule has 8 nitrogen and oxygen atoms in total. The highest BCUT2D eigenvalue weighted by Crippen LogP contribution is 2.27. The van der Waals surface area contributed by atoms with Crippen molar-refractivity contribution < 1.29 is 27.1 Å². The summed E-state index contributed by atoms with van der Waals surface area (Å²) in [5.41, 5.74) is 0.405. The zero-order chi connectivity index (χ0) is 28.6. The van der Waals surface area contributed by atoms with Gasteiger partial charge in [0.05, 0.1) is 17.7 Å². The van der Waals surface area contributed by atoms with Crippen LogP contribution in [0.4, 0.5) is 10.1 Å². The van der Waals surface area contributed by atoms with Gasteiger partial charge in [0.25, 0.3) is 10.0 Å². The first-order valence-corrected chi connectivity index (χ1v) is 14.1. The smallest absolute Gasteiger partial charge is 0.264 e. The summed E-state index contributed by atoms with van der Waals surface area (Å²) in [5.74, 6) is -1.23. The van der Waals surface area contributed by atoms with Gasteiger partial charge in [0.15, 0.2) is 0 Å². The van der Waals surface area contributed by atoms with Crippen molar-refractivity contribution >= 4 is 27.5 Å². The van der Waals surface area contributed by atoms with E-state index in [1.165, 1.54) is 55.3 Å². The number of halogens is 1. The molecule has 0 radical (unpaired) electrons. The number of hydrogen-bond donors (Lipinski definition) is 1. The van der Waals surface area contributed by atoms with Crippen LogP contribution in [0, 0.1) is 5.82 Å². The van der Waals surface area contributed by atoms with E-state index in [0.29, 0.717) is 12.2 Å². The Hall–Kier alpha value is -3.92. The summed E-state index contributed by atoms with van der Waals surface area (Å²) in [5, 5.41) is 2.85. The molecule has 3 aromatic carbocycles. The van der Waals surface area contributed by atoms with Crippen LogP contribution in [0.5, 0.6) is 5.75 Å². The number of anilines is 1. The highest BCUT2D eigenvalue weighted by Gasteiger charge is 2.33. The Morgan fingerprint density at radius 1 is 0.974 bits per heavy atom. The second kappa shape index (κ2) is 13.2. The molecule has 0 spiro atoms. The van der Waals surface area contributed by atoms with Gasteiger partial charge in [-0.25, -0.2) is 12.8 Å². The van der Waals surface area contributed by atoms with E-state index in [0.717, 1.165) is 4.31 Å². The SMILES string of the molecule is CC[C@@H](C)NC(=O)[C@@H](C)N(Cc1ccccc1F)C(=O)CN(c1cccc(OC)c1)S(=O)(=O)c1ccccc1. The lowest BCUT2D eigenvalue weighted by molar-refractivity contribution is -0.139. The highest BCUT2D eigenvalue weighted by atomic mass is 32.2. The van der Waals surface area contributed by atoms with Crippen molar-refractivity contribution in [3.8, 4) is 5.75 Å². The van der Waals surface area contributed by atoms with Crippen LogP contribution in [0.25, 0.3) is 0 Å². The molecular formula is C29H34FN3O5S. The normalized spacial score (nSPS) is 12.7. The number of nitrogens with one attached hydrogen (secondary N) is 1. The van der Waals surface area contributed by atoms with Gasteiger partial charge in [-0.2, -0.15) is 0 Å². The predicted molar refractivity (Wildman–Crippen MR) is 148 cm³/mol. The maximum absolute atomic E-state index is 14.6. The summed E-state index contributed by atoms with van der Waals surface area (Å²) in [6.07, 6.45) is 0.679. The summed E-state index contributed by atoms with van der Waals surface area (Å²) < 4.78 is 48.4. The molecule has 0 saturated heterocycles. The van der Waals surface area contributed by atoms with E-state index >= 15 is 0 Å². The van der Waals surface area contributed by atoms with Crippen molar-refractivity contribution in [1.29, 1.82) is 0 Å². The zero-order valence-electron chi connectivity index (χ0n) is 22.5. The van der Waals surface area contributed by atoms with Crippen LogP contribution in [-0.4, -0.2) is 50.9 Å². The molecule has 3 rings (SSSR count). The third-order valence-electron chi connectivity index (χ3n) is 6.42. The maximum atomic E-state index is 14.6. The number of ether oxygens (including phenoxy) is 1. The monoisotopic (exact) mass is 555 g/mol. The third kappa shape index (κ3) is 7.35. The Kier molecular flexibility index (Phi) is 10.1. The molecule has 0 aliphatic carbocycles. The average molecular weight is 556 g/mol. The lowest BCUT2D eigenvalue weighted by Gasteiger charge is -2.32. The van der Waals surface area contributed by atoms with Gasteiger partial charge in [-0.3, -0.25) is 13.9 Å². The molecule has 3 aromatic rings. The summed E-state index contributed by atoms with van der Waals surface area (Å²) in [7, 11) is -2.75. The van der Waals surface area contributed by atoms with Gasteiger partial charge < -0.3 is 15.0 Å². The molecule has 1 N–H and O–H groups in total. The second-order valence-electron chi connectivity index (χ2n) is 9.13. The van der Waals surface area contributed by atoms with Crippen LogP contribution in [0.15, 0.2) is 83.8 Å². The molecule has 0 aromatic heterocycles. The lowest BCUT2D eigenvalue weighted by Crippen LogP contribution is -2.52. The van der Waals surface area contributed by atoms with E-state index in [-0.39, 0.29) is 28.7 Å². The van der Waals surface area contributed by atoms with Crippen LogP contribution in [-0.2, 0) is 26.2 Å². The van der Waals surface area contributed by atoms with Crippen molar-refractivity contribution in [2.75, 3.05) is 18.0 Å². The number of carbonyl (C=O) groups excluding carboxylic acids is 2. The molecule has 0 saturated carbocycles. The molecule has 208 valence electrons. The van der Waals surface area contributed by atoms with E-state index in [2.05, 4.69) is 5.32 Å². The van der Waals surface area contributed by atoms with Crippen molar-refractivity contribution in [3.05, 3.63) is 90.2 Å². The number of sulfonamides is 1. The molecule has 2 atom stereocenters. The van der Waals surface area contributed by atoms with Gasteiger partial charge in [-0.1, -0.05) is 49.4 Å². The van der Waals surface area contributed by atoms with E-state index < -0.39 is 40.2 Å². The fourth-order valence-corrected chi connectivity index (χ4v) is 5.30. The first-order chi connectivity index (χ1) is 18.6. The fourth-order valence-electron chi connectivity index (χ4n) is 3.87. The van der Waals surface area contributed by atoms with Gasteiger partial charge in [-0.05, 0) is 50.6 Å². The average Bonchev–Trinajstić information content (AvgIpc) is 2.95. The largest absolute Gasteiger partial charge is 0.497 e. The summed E-state index contributed by atoms with van der Waals surface area (Å²) >= 11 is 0. The first kappa shape index (κ1) is 29.6. The summed E-state index contributed by atoms with van der Waals surface area (Å²) in [6.45, 7) is 4.44. The van der Waals surface area contributed by atoms with Gasteiger partial charge in [0, 0.05) is 24.2 Å². The number of rotatable bonds is 12. The van der Waals surface area contributed by atoms with E-state index in [9.17, 15) is 22.4 Å². The third-order valence-corrected chi connectivity index (χ3v) is 8.21. The number of hydrogen-bond acceptors (Lipinski definition) is 5. The number of benzene rings is 3. The first-order valence-electron chi connectivity index (χ1n) is 12.6. The number of methoxy groups -OCH3 is 1. The molecule has 0 heterocycles. The van der Waals surface area contributed by atoms with Crippen molar-refractivity contribution in [3.63, 3.8) is 0 Å². The Balaban J connectivity index is 2.04. The molecular weight excluding hydrogens is 521 g/mol. The van der Waals surface area contributed by atoms with Crippen LogP contribution < -0.4 is 14.4 Å². The van der Waals surface area contributed by atoms with Crippen LogP contribution >= 0.6 is 0 Å². The molecule has 0 aliphatic heterocycles. The summed E-state index contributed by atoms with van der Waals surface area (Å²) in [6, 6.07) is 18.9. The molecule has 39 heavy (non-hydrogen) atoms. The maximum Gasteiger partial charge on any atom is 0.264 e. The molecule has 0 fully saturated rings. The van der Waals surface area contributed by atoms with Gasteiger partial charge in [0.2, 0.25) is 11.8 Å². The highest BCUT2D eigenvalue weighted by molar-refractivity contribution is 7.92. The zero-order valence-corrected chi connectivity index (χ0v) is 23.3. The minimum absolute atomic E-state index is 0.0103. The summed E-state index contributed by atoms with van der Waals surface area (Å²) in [4.78, 5) is 28.1. The Morgan fingerprint density at radius 2 is 1.64 bits per heavy atom. The van der Waals surface area contributed by atoms with E-state index in [4.69, 9.17) is 4.74 Å². The van der Waals surface area contributed by atoms with Gasteiger partial charge in [0.1, 0.15) is 24.2 Å². The Bertz CT molecular complexity index is 1380. The van der Waals surface area contributed by atoms with Gasteiger partial charge in [-0.15, -0.1) is 0 Å². The fraction of sp³-hybridized carbons (Fsp3) is 0.310. The number of amides is 2. The van der Waals surface area contributed by atoms with Crippen molar-refractivity contribution in [2.24, 2.45) is 0 Å². The predicted octanol–water partition coefficient (Wildman–Crippen LogP) is 4.36. The van der Waals surface area contributed by atoms with Crippen molar-refractivity contribution in [2.45, 2.75) is 50.7 Å². The lowest BCUT2D eigenvalue weighted by atomic mass is 10.1. The molecule has 0 unspecified atom stereocenters. The standard InChI is InChI=1S/C29H34FN3O5S/c1-5-21(2)31-29(35)22(3)32(19-23-12-9-10-17-27(23)30)28(34)20-33(24-13-11-14-25(18-24)38-4)39(36,37)26-15-7-6-8-16-26/h6-18,21-22H,5,19-20H2,1-4H3,(H,31,35)/t21-,22-/m1/s1. The molecule has 10 heteroatoms. The van der Waals surface area contributed by atoms with E-state index in [1.54, 1.807) is 42.5 Å². The Morgan fingerprint density at radius 3 is 2.28 bits per heavy atom. The number of nitrogens with zero attached hydrogens (tertiary/aromatic N) is 2. The van der Waals surface area contributed by atoms with Crippen LogP contribution in [0.1, 0.15) is 32.8 Å². The van der Waals surface area contributed by atoms with Gasteiger partial charge >= 0.3 is 0 Å². The topological polar surface area (TPSA) is 96.0 Å². The van der Waals surface area contributed by atoms with Crippen LogP contribution in [0.2, 0.25) is 0 Å².